The average Bonchev–Trinajstić information content (AvgIpc) is 2.61. The molecule has 0 unspecified atom stereocenters. The van der Waals surface area contributed by atoms with E-state index in [-0.39, 0.29) is 23.8 Å². The number of urea groups is 1. The molecule has 0 bridgehead atoms. The van der Waals surface area contributed by atoms with E-state index in [0.29, 0.717) is 12.8 Å². The van der Waals surface area contributed by atoms with Crippen molar-refractivity contribution < 1.29 is 14.4 Å². The van der Waals surface area contributed by atoms with E-state index in [9.17, 15) is 14.4 Å². The Morgan fingerprint density at radius 2 is 1.71 bits per heavy atom. The third-order valence-corrected chi connectivity index (χ3v) is 4.70. The van der Waals surface area contributed by atoms with Crippen molar-refractivity contribution in [1.29, 1.82) is 0 Å². The fraction of sp³-hybridized carbons (Fsp3) is 0.833. The van der Waals surface area contributed by atoms with Gasteiger partial charge in [0.25, 0.3) is 5.91 Å². The van der Waals surface area contributed by atoms with E-state index in [1.165, 1.54) is 0 Å². The molecule has 24 heavy (non-hydrogen) atoms. The fourth-order valence-electron chi connectivity index (χ4n) is 4.24. The number of imide groups is 1. The molecule has 2 rings (SSSR count). The molecule has 4 amide bonds. The van der Waals surface area contributed by atoms with Crippen molar-refractivity contribution in [3.05, 3.63) is 0 Å². The summed E-state index contributed by atoms with van der Waals surface area (Å²) in [5, 5.41) is 5.79. The van der Waals surface area contributed by atoms with Crippen LogP contribution in [0.3, 0.4) is 0 Å². The van der Waals surface area contributed by atoms with Gasteiger partial charge in [0.15, 0.2) is 0 Å². The van der Waals surface area contributed by atoms with Crippen LogP contribution in [0.15, 0.2) is 0 Å². The molecule has 0 atom stereocenters. The van der Waals surface area contributed by atoms with Gasteiger partial charge < -0.3 is 10.6 Å². The van der Waals surface area contributed by atoms with Crippen LogP contribution in [0, 0.1) is 5.41 Å². The lowest BCUT2D eigenvalue weighted by Gasteiger charge is -2.34. The van der Waals surface area contributed by atoms with Gasteiger partial charge in [-0.3, -0.25) is 14.5 Å². The Labute approximate surface area is 144 Å². The predicted molar refractivity (Wildman–Crippen MR) is 92.4 cm³/mol. The van der Waals surface area contributed by atoms with Crippen LogP contribution in [0.25, 0.3) is 0 Å². The Morgan fingerprint density at radius 1 is 1.12 bits per heavy atom. The van der Waals surface area contributed by atoms with E-state index in [1.54, 1.807) is 0 Å². The van der Waals surface area contributed by atoms with E-state index in [1.807, 2.05) is 13.8 Å². The Morgan fingerprint density at radius 3 is 2.25 bits per heavy atom. The number of hydrogen-bond acceptors (Lipinski definition) is 3. The van der Waals surface area contributed by atoms with Crippen molar-refractivity contribution in [3.8, 4) is 0 Å². The van der Waals surface area contributed by atoms with E-state index in [4.69, 9.17) is 0 Å². The number of carbonyl (C=O) groups excluding carboxylic acids is 3. The maximum Gasteiger partial charge on any atom is 0.325 e. The van der Waals surface area contributed by atoms with Crippen LogP contribution in [0.1, 0.15) is 73.1 Å². The largest absolute Gasteiger partial charge is 0.350 e. The lowest BCUT2D eigenvalue weighted by atomic mass is 9.81. The molecule has 0 aromatic carbocycles. The highest BCUT2D eigenvalue weighted by Crippen LogP contribution is 2.33. The molecule has 136 valence electrons. The molecule has 1 saturated heterocycles. The number of hydrogen-bond donors (Lipinski definition) is 2. The van der Waals surface area contributed by atoms with Crippen LogP contribution >= 0.6 is 0 Å². The number of carbonyl (C=O) groups is 3. The van der Waals surface area contributed by atoms with Gasteiger partial charge in [-0.1, -0.05) is 40.0 Å². The third-order valence-electron chi connectivity index (χ3n) is 4.70. The standard InChI is InChI=1S/C18H31N3O3/c1-16(2,3)12-17(4,5)19-13(22)11-21-14(23)18(20-15(21)24)9-7-6-8-10-18/h6-12H2,1-5H3,(H,19,22)(H,20,24). The van der Waals surface area contributed by atoms with Crippen molar-refractivity contribution in [2.24, 2.45) is 5.41 Å². The zero-order chi connectivity index (χ0) is 18.2. The van der Waals surface area contributed by atoms with Crippen molar-refractivity contribution in [2.75, 3.05) is 6.54 Å². The first kappa shape index (κ1) is 18.7. The predicted octanol–water partition coefficient (Wildman–Crippen LogP) is 2.57. The van der Waals surface area contributed by atoms with Crippen LogP contribution in [0.5, 0.6) is 0 Å². The monoisotopic (exact) mass is 337 g/mol. The molecule has 6 heteroatoms. The normalized spacial score (nSPS) is 21.1. The summed E-state index contributed by atoms with van der Waals surface area (Å²) >= 11 is 0. The van der Waals surface area contributed by atoms with Gasteiger partial charge in [0.2, 0.25) is 5.91 Å². The van der Waals surface area contributed by atoms with Gasteiger partial charge in [-0.05, 0) is 38.5 Å². The average molecular weight is 337 g/mol. The second-order valence-corrected chi connectivity index (χ2v) is 9.13. The maximum atomic E-state index is 12.7. The quantitative estimate of drug-likeness (QED) is 0.774. The van der Waals surface area contributed by atoms with Crippen molar-refractivity contribution in [1.82, 2.24) is 15.5 Å². The summed E-state index contributed by atoms with van der Waals surface area (Å²) in [6.07, 6.45) is 5.11. The molecule has 1 spiro atoms. The Balaban J connectivity index is 1.99. The SMILES string of the molecule is CC(C)(C)CC(C)(C)NC(=O)CN1C(=O)NC2(CCCCC2)C1=O. The zero-order valence-electron chi connectivity index (χ0n) is 15.6. The first-order valence-corrected chi connectivity index (χ1v) is 8.89. The van der Waals surface area contributed by atoms with E-state index >= 15 is 0 Å². The minimum absolute atomic E-state index is 0.0732. The van der Waals surface area contributed by atoms with Gasteiger partial charge in [0, 0.05) is 5.54 Å². The number of amides is 4. The molecule has 0 radical (unpaired) electrons. The maximum absolute atomic E-state index is 12.7. The molecule has 2 fully saturated rings. The van der Waals surface area contributed by atoms with Crippen LogP contribution in [-0.2, 0) is 9.59 Å². The lowest BCUT2D eigenvalue weighted by Crippen LogP contribution is -2.51. The molecule has 0 aromatic rings. The molecule has 1 saturated carbocycles. The van der Waals surface area contributed by atoms with Crippen molar-refractivity contribution in [2.45, 2.75) is 84.2 Å². The minimum Gasteiger partial charge on any atom is -0.350 e. The minimum atomic E-state index is -0.767. The number of rotatable bonds is 4. The summed E-state index contributed by atoms with van der Waals surface area (Å²) < 4.78 is 0. The van der Waals surface area contributed by atoms with Crippen molar-refractivity contribution >= 4 is 17.8 Å². The lowest BCUT2D eigenvalue weighted by molar-refractivity contribution is -0.136. The van der Waals surface area contributed by atoms with Gasteiger partial charge in [-0.15, -0.1) is 0 Å². The molecule has 2 aliphatic rings. The summed E-state index contributed by atoms with van der Waals surface area (Å²) in [6, 6.07) is -0.439. The second kappa shape index (κ2) is 6.37. The number of nitrogens with zero attached hydrogens (tertiary/aromatic N) is 1. The van der Waals surface area contributed by atoms with Gasteiger partial charge in [-0.25, -0.2) is 4.79 Å². The van der Waals surface area contributed by atoms with Crippen molar-refractivity contribution in [3.63, 3.8) is 0 Å². The first-order chi connectivity index (χ1) is 10.9. The van der Waals surface area contributed by atoms with E-state index in [0.717, 1.165) is 30.6 Å². The highest BCUT2D eigenvalue weighted by Gasteiger charge is 2.51. The molecule has 6 nitrogen and oxygen atoms in total. The van der Waals surface area contributed by atoms with Gasteiger partial charge in [0.1, 0.15) is 12.1 Å². The molecular formula is C18H31N3O3. The molecular weight excluding hydrogens is 306 g/mol. The molecule has 1 heterocycles. The van der Waals surface area contributed by atoms with Crippen LogP contribution in [-0.4, -0.2) is 40.4 Å². The van der Waals surface area contributed by atoms with E-state index < -0.39 is 17.1 Å². The van der Waals surface area contributed by atoms with Crippen LogP contribution in [0.2, 0.25) is 0 Å². The van der Waals surface area contributed by atoms with E-state index in [2.05, 4.69) is 31.4 Å². The summed E-state index contributed by atoms with van der Waals surface area (Å²) in [6.45, 7) is 10.1. The zero-order valence-corrected chi connectivity index (χ0v) is 15.6. The van der Waals surface area contributed by atoms with Gasteiger partial charge in [0.05, 0.1) is 0 Å². The Bertz CT molecular complexity index is 528. The fourth-order valence-corrected chi connectivity index (χ4v) is 4.24. The smallest absolute Gasteiger partial charge is 0.325 e. The Kier molecular flexibility index (Phi) is 4.98. The second-order valence-electron chi connectivity index (χ2n) is 9.13. The highest BCUT2D eigenvalue weighted by atomic mass is 16.2. The highest BCUT2D eigenvalue weighted by molar-refractivity contribution is 6.09. The summed E-state index contributed by atoms with van der Waals surface area (Å²) in [7, 11) is 0. The first-order valence-electron chi connectivity index (χ1n) is 8.89. The van der Waals surface area contributed by atoms with Gasteiger partial charge >= 0.3 is 6.03 Å². The third kappa shape index (κ3) is 4.28. The van der Waals surface area contributed by atoms with Crippen LogP contribution < -0.4 is 10.6 Å². The van der Waals surface area contributed by atoms with Gasteiger partial charge in [-0.2, -0.15) is 0 Å². The molecule has 0 aromatic heterocycles. The Hall–Kier alpha value is -1.59. The summed E-state index contributed by atoms with van der Waals surface area (Å²) in [4.78, 5) is 38.3. The topological polar surface area (TPSA) is 78.5 Å². The number of nitrogens with one attached hydrogen (secondary N) is 2. The van der Waals surface area contributed by atoms with Crippen LogP contribution in [0.4, 0.5) is 4.79 Å². The molecule has 1 aliphatic carbocycles. The summed E-state index contributed by atoms with van der Waals surface area (Å²) in [5.41, 5.74) is -1.09. The summed E-state index contributed by atoms with van der Waals surface area (Å²) in [5.74, 6) is -0.531. The molecule has 1 aliphatic heterocycles. The molecule has 2 N–H and O–H groups in total.